The molecule has 28 heavy (non-hydrogen) atoms. The summed E-state index contributed by atoms with van der Waals surface area (Å²) >= 11 is 0. The van der Waals surface area contributed by atoms with Crippen molar-refractivity contribution >= 4 is 5.78 Å². The smallest absolute Gasteiger partial charge is 0.200 e. The highest BCUT2D eigenvalue weighted by Gasteiger charge is 2.45. The lowest BCUT2D eigenvalue weighted by atomic mass is 9.80. The summed E-state index contributed by atoms with van der Waals surface area (Å²) in [5.41, 5.74) is 0.983. The SMILES string of the molecule is COc1c([C@@H]2[C@H](C)[C@@H](C)O[C@H]2c2[nH]c(C)cc(=O)c2C(C)=O)ccc(F)c1F. The van der Waals surface area contributed by atoms with Crippen LogP contribution in [-0.2, 0) is 4.74 Å². The molecule has 0 bridgehead atoms. The molecule has 4 atom stereocenters. The Balaban J connectivity index is 2.25. The molecule has 2 aromatic rings. The molecule has 7 heteroatoms. The fourth-order valence-corrected chi connectivity index (χ4v) is 4.01. The Bertz CT molecular complexity index is 985. The van der Waals surface area contributed by atoms with Crippen LogP contribution in [0, 0.1) is 24.5 Å². The molecule has 0 aliphatic carbocycles. The second kappa shape index (κ2) is 7.47. The third kappa shape index (κ3) is 3.24. The summed E-state index contributed by atoms with van der Waals surface area (Å²) in [6, 6.07) is 3.87. The second-order valence-corrected chi connectivity index (χ2v) is 7.29. The number of ketones is 1. The van der Waals surface area contributed by atoms with Crippen LogP contribution in [0.5, 0.6) is 5.75 Å². The molecule has 5 nitrogen and oxygen atoms in total. The Morgan fingerprint density at radius 2 is 1.93 bits per heavy atom. The van der Waals surface area contributed by atoms with Crippen molar-refractivity contribution in [3.05, 3.63) is 62.6 Å². The number of ether oxygens (including phenoxy) is 2. The first-order chi connectivity index (χ1) is 13.2. The quantitative estimate of drug-likeness (QED) is 0.799. The average Bonchev–Trinajstić information content (AvgIpc) is 2.91. The first kappa shape index (κ1) is 20.2. The number of hydrogen-bond acceptors (Lipinski definition) is 4. The van der Waals surface area contributed by atoms with Crippen LogP contribution in [0.3, 0.4) is 0 Å². The molecule has 150 valence electrons. The fraction of sp³-hybridized carbons (Fsp3) is 0.429. The zero-order chi connectivity index (χ0) is 20.7. The van der Waals surface area contributed by atoms with Crippen molar-refractivity contribution in [2.45, 2.75) is 45.8 Å². The van der Waals surface area contributed by atoms with Crippen LogP contribution in [0.2, 0.25) is 0 Å². The number of carbonyl (C=O) groups is 1. The van der Waals surface area contributed by atoms with Crippen LogP contribution in [0.15, 0.2) is 23.0 Å². The lowest BCUT2D eigenvalue weighted by Gasteiger charge is -2.25. The Kier molecular flexibility index (Phi) is 5.39. The predicted octanol–water partition coefficient (Wildman–Crippen LogP) is 4.05. The highest BCUT2D eigenvalue weighted by atomic mass is 19.2. The molecule has 1 aromatic carbocycles. The van der Waals surface area contributed by atoms with E-state index in [2.05, 4.69) is 4.98 Å². The van der Waals surface area contributed by atoms with E-state index in [1.165, 1.54) is 26.2 Å². The van der Waals surface area contributed by atoms with Gasteiger partial charge in [-0.15, -0.1) is 0 Å². The number of carbonyl (C=O) groups excluding carboxylic acids is 1. The Morgan fingerprint density at radius 3 is 2.54 bits per heavy atom. The number of aromatic amines is 1. The van der Waals surface area contributed by atoms with E-state index in [0.717, 1.165) is 6.07 Å². The van der Waals surface area contributed by atoms with Crippen molar-refractivity contribution in [3.63, 3.8) is 0 Å². The molecule has 0 saturated carbocycles. The maximum atomic E-state index is 14.4. The molecule has 0 unspecified atom stereocenters. The van der Waals surface area contributed by atoms with Crippen LogP contribution in [0.1, 0.15) is 60.1 Å². The number of nitrogens with one attached hydrogen (secondary N) is 1. The second-order valence-electron chi connectivity index (χ2n) is 7.29. The van der Waals surface area contributed by atoms with Crippen LogP contribution < -0.4 is 10.2 Å². The molecule has 1 aliphatic heterocycles. The monoisotopic (exact) mass is 391 g/mol. The van der Waals surface area contributed by atoms with Gasteiger partial charge in [-0.1, -0.05) is 13.0 Å². The van der Waals surface area contributed by atoms with Gasteiger partial charge in [0.05, 0.1) is 24.5 Å². The molecule has 3 rings (SSSR count). The van der Waals surface area contributed by atoms with Crippen molar-refractivity contribution in [2.24, 2.45) is 5.92 Å². The molecule has 1 N–H and O–H groups in total. The van der Waals surface area contributed by atoms with Gasteiger partial charge < -0.3 is 14.5 Å². The lowest BCUT2D eigenvalue weighted by Crippen LogP contribution is -2.23. The Morgan fingerprint density at radius 1 is 1.25 bits per heavy atom. The van der Waals surface area contributed by atoms with E-state index in [-0.39, 0.29) is 29.1 Å². The zero-order valence-corrected chi connectivity index (χ0v) is 16.4. The van der Waals surface area contributed by atoms with E-state index >= 15 is 0 Å². The van der Waals surface area contributed by atoms with Gasteiger partial charge in [-0.05, 0) is 32.8 Å². The van der Waals surface area contributed by atoms with Gasteiger partial charge in [0, 0.05) is 23.2 Å². The zero-order valence-electron chi connectivity index (χ0n) is 16.4. The summed E-state index contributed by atoms with van der Waals surface area (Å²) in [7, 11) is 1.27. The highest BCUT2D eigenvalue weighted by Crippen LogP contribution is 2.51. The van der Waals surface area contributed by atoms with Gasteiger partial charge >= 0.3 is 0 Å². The summed E-state index contributed by atoms with van der Waals surface area (Å²) in [6.45, 7) is 6.82. The molecule has 1 fully saturated rings. The number of H-pyrrole nitrogens is 1. The van der Waals surface area contributed by atoms with Crippen LogP contribution in [0.25, 0.3) is 0 Å². The molecule has 0 amide bonds. The van der Waals surface area contributed by atoms with Crippen molar-refractivity contribution in [2.75, 3.05) is 7.11 Å². The summed E-state index contributed by atoms with van der Waals surface area (Å²) in [6.07, 6.45) is -0.952. The van der Waals surface area contributed by atoms with Gasteiger partial charge in [0.15, 0.2) is 22.8 Å². The number of hydrogen-bond donors (Lipinski definition) is 1. The summed E-state index contributed by atoms with van der Waals surface area (Å²) in [5.74, 6) is -3.22. The number of Topliss-reactive ketones (excluding diaryl/α,β-unsaturated/α-hetero) is 1. The van der Waals surface area contributed by atoms with E-state index < -0.39 is 29.1 Å². The summed E-state index contributed by atoms with van der Waals surface area (Å²) in [4.78, 5) is 27.7. The molecule has 1 aromatic heterocycles. The summed E-state index contributed by atoms with van der Waals surface area (Å²) < 4.78 is 39.3. The van der Waals surface area contributed by atoms with Gasteiger partial charge in [-0.3, -0.25) is 9.59 Å². The lowest BCUT2D eigenvalue weighted by molar-refractivity contribution is 0.0411. The third-order valence-corrected chi connectivity index (χ3v) is 5.47. The summed E-state index contributed by atoms with van der Waals surface area (Å²) in [5, 5.41) is 0. The van der Waals surface area contributed by atoms with E-state index in [9.17, 15) is 18.4 Å². The molecule has 2 heterocycles. The predicted molar refractivity (Wildman–Crippen MR) is 99.9 cm³/mol. The fourth-order valence-electron chi connectivity index (χ4n) is 4.01. The maximum Gasteiger partial charge on any atom is 0.200 e. The van der Waals surface area contributed by atoms with Gasteiger partial charge in [-0.2, -0.15) is 4.39 Å². The Labute approximate surface area is 161 Å². The molecule has 0 radical (unpaired) electrons. The van der Waals surface area contributed by atoms with E-state index in [4.69, 9.17) is 9.47 Å². The van der Waals surface area contributed by atoms with Crippen LogP contribution >= 0.6 is 0 Å². The van der Waals surface area contributed by atoms with Crippen molar-refractivity contribution < 1.29 is 23.0 Å². The standard InChI is InChI=1S/C21H23F2NO4/c1-9-8-15(26)17(11(3)25)19(24-9)21-16(10(2)12(4)28-21)13-6-7-14(22)18(23)20(13)27-5/h6-8,10,12,16,21H,1-5H3,(H,24,26)/t10-,12-,16+,21-/m1/s1. The topological polar surface area (TPSA) is 68.4 Å². The molecular formula is C21H23F2NO4. The number of halogens is 2. The Hall–Kier alpha value is -2.54. The molecule has 1 saturated heterocycles. The van der Waals surface area contributed by atoms with Crippen molar-refractivity contribution in [1.82, 2.24) is 4.98 Å². The number of aromatic nitrogens is 1. The van der Waals surface area contributed by atoms with E-state index in [1.54, 1.807) is 6.92 Å². The minimum Gasteiger partial charge on any atom is -0.493 e. The minimum atomic E-state index is -1.07. The minimum absolute atomic E-state index is 0.0171. The van der Waals surface area contributed by atoms with Crippen LogP contribution in [0.4, 0.5) is 8.78 Å². The van der Waals surface area contributed by atoms with Gasteiger partial charge in [0.1, 0.15) is 6.10 Å². The van der Waals surface area contributed by atoms with Crippen LogP contribution in [-0.4, -0.2) is 24.0 Å². The van der Waals surface area contributed by atoms with Gasteiger partial charge in [0.25, 0.3) is 0 Å². The number of rotatable bonds is 4. The first-order valence-corrected chi connectivity index (χ1v) is 9.09. The first-order valence-electron chi connectivity index (χ1n) is 9.09. The number of pyridine rings is 1. The largest absolute Gasteiger partial charge is 0.493 e. The third-order valence-electron chi connectivity index (χ3n) is 5.47. The number of aryl methyl sites for hydroxylation is 1. The van der Waals surface area contributed by atoms with E-state index in [1.807, 2.05) is 13.8 Å². The average molecular weight is 391 g/mol. The maximum absolute atomic E-state index is 14.4. The molecule has 1 aliphatic rings. The molecular weight excluding hydrogens is 368 g/mol. The number of benzene rings is 1. The highest BCUT2D eigenvalue weighted by molar-refractivity contribution is 5.95. The van der Waals surface area contributed by atoms with E-state index in [0.29, 0.717) is 17.0 Å². The normalized spacial score (nSPS) is 24.4. The van der Waals surface area contributed by atoms with Crippen molar-refractivity contribution in [1.29, 1.82) is 0 Å². The molecule has 0 spiro atoms. The van der Waals surface area contributed by atoms with Crippen molar-refractivity contribution in [3.8, 4) is 5.75 Å². The van der Waals surface area contributed by atoms with Gasteiger partial charge in [-0.25, -0.2) is 4.39 Å². The van der Waals surface area contributed by atoms with Gasteiger partial charge in [0.2, 0.25) is 5.82 Å². The number of methoxy groups -OCH3 is 1.